The van der Waals surface area contributed by atoms with Gasteiger partial charge in [0.15, 0.2) is 0 Å². The van der Waals surface area contributed by atoms with Crippen LogP contribution in [0.15, 0.2) is 48.5 Å². The Labute approximate surface area is 195 Å². The predicted octanol–water partition coefficient (Wildman–Crippen LogP) is 3.59. The Morgan fingerprint density at radius 2 is 1.94 bits per heavy atom. The molecule has 172 valence electrons. The maximum atomic E-state index is 11.2. The summed E-state index contributed by atoms with van der Waals surface area (Å²) in [6.45, 7) is 3.35. The van der Waals surface area contributed by atoms with Crippen molar-refractivity contribution in [2.24, 2.45) is 0 Å². The molecular formula is C25H32ClN3O3. The van der Waals surface area contributed by atoms with Crippen molar-refractivity contribution in [2.75, 3.05) is 33.7 Å². The van der Waals surface area contributed by atoms with E-state index in [1.54, 1.807) is 0 Å². The molecule has 0 radical (unpaired) electrons. The highest BCUT2D eigenvalue weighted by Crippen LogP contribution is 2.37. The summed E-state index contributed by atoms with van der Waals surface area (Å²) in [5.74, 6) is -0.133. The third kappa shape index (κ3) is 5.09. The Morgan fingerprint density at radius 3 is 2.56 bits per heavy atom. The highest BCUT2D eigenvalue weighted by Gasteiger charge is 2.38. The number of hydrogen-bond acceptors (Lipinski definition) is 5. The van der Waals surface area contributed by atoms with Crippen LogP contribution in [0, 0.1) is 0 Å². The molecule has 0 bridgehead atoms. The van der Waals surface area contributed by atoms with E-state index in [0.717, 1.165) is 38.0 Å². The van der Waals surface area contributed by atoms with Crippen LogP contribution in [0.1, 0.15) is 30.4 Å². The van der Waals surface area contributed by atoms with E-state index < -0.39 is 12.0 Å². The first-order valence-electron chi connectivity index (χ1n) is 11.2. The van der Waals surface area contributed by atoms with Crippen LogP contribution in [0.5, 0.6) is 5.75 Å². The van der Waals surface area contributed by atoms with Crippen molar-refractivity contribution in [2.45, 2.75) is 43.5 Å². The lowest BCUT2D eigenvalue weighted by Crippen LogP contribution is -2.50. The molecule has 0 amide bonds. The first-order chi connectivity index (χ1) is 15.4. The second-order valence-electron chi connectivity index (χ2n) is 9.14. The van der Waals surface area contributed by atoms with E-state index in [9.17, 15) is 4.79 Å². The largest absolute Gasteiger partial charge is 0.489 e. The number of rotatable bonds is 7. The van der Waals surface area contributed by atoms with Crippen molar-refractivity contribution in [3.63, 3.8) is 0 Å². The molecule has 2 heterocycles. The maximum Gasteiger partial charge on any atom is 0.320 e. The molecule has 2 aliphatic rings. The second-order valence-corrected chi connectivity index (χ2v) is 9.57. The summed E-state index contributed by atoms with van der Waals surface area (Å²) in [4.78, 5) is 16.0. The molecule has 2 atom stereocenters. The number of halogens is 1. The molecule has 7 heteroatoms. The van der Waals surface area contributed by atoms with E-state index >= 15 is 0 Å². The molecule has 2 aromatic rings. The van der Waals surface area contributed by atoms with Gasteiger partial charge in [-0.2, -0.15) is 0 Å². The molecular weight excluding hydrogens is 426 g/mol. The third-order valence-electron chi connectivity index (χ3n) is 6.88. The standard InChI is InChI=1S/C25H32ClN3O3/c1-28(2)25(19-6-4-3-5-7-19)8-10-29(11-9-25)17-18-12-20(26)14-21(13-18)32-22-15-23(24(30)31)27-16-22/h3-7,12-14,22-23,27H,8-11,15-17H2,1-2H3,(H,30,31)/t22-,23-/m0/s1. The van der Waals surface area contributed by atoms with Crippen molar-refractivity contribution < 1.29 is 14.6 Å². The van der Waals surface area contributed by atoms with E-state index in [1.165, 1.54) is 5.56 Å². The summed E-state index contributed by atoms with van der Waals surface area (Å²) < 4.78 is 6.05. The van der Waals surface area contributed by atoms with Crippen molar-refractivity contribution in [3.05, 3.63) is 64.7 Å². The van der Waals surface area contributed by atoms with Gasteiger partial charge in [-0.25, -0.2) is 0 Å². The molecule has 0 unspecified atom stereocenters. The number of carbonyl (C=O) groups is 1. The Morgan fingerprint density at radius 1 is 1.22 bits per heavy atom. The normalized spacial score (nSPS) is 23.4. The summed E-state index contributed by atoms with van der Waals surface area (Å²) in [6, 6.07) is 16.1. The summed E-state index contributed by atoms with van der Waals surface area (Å²) in [6.07, 6.45) is 2.43. The number of likely N-dealkylation sites (tertiary alicyclic amines) is 1. The number of benzene rings is 2. The molecule has 2 saturated heterocycles. The SMILES string of the molecule is CN(C)C1(c2ccccc2)CCN(Cc2cc(Cl)cc(O[C@@H]3CN[C@H](C(=O)O)C3)c2)CC1. The lowest BCUT2D eigenvalue weighted by molar-refractivity contribution is -0.139. The van der Waals surface area contributed by atoms with Gasteiger partial charge in [-0.15, -0.1) is 0 Å². The Kier molecular flexibility index (Phi) is 7.05. The molecule has 32 heavy (non-hydrogen) atoms. The number of nitrogens with zero attached hydrogens (tertiary/aromatic N) is 2. The minimum Gasteiger partial charge on any atom is -0.489 e. The number of carboxylic acid groups (broad SMARTS) is 1. The fraction of sp³-hybridized carbons (Fsp3) is 0.480. The fourth-order valence-corrected chi connectivity index (χ4v) is 5.28. The molecule has 6 nitrogen and oxygen atoms in total. The number of nitrogens with one attached hydrogen (secondary N) is 1. The van der Waals surface area contributed by atoms with Crippen LogP contribution >= 0.6 is 11.6 Å². The van der Waals surface area contributed by atoms with Crippen LogP contribution in [0.25, 0.3) is 0 Å². The van der Waals surface area contributed by atoms with E-state index in [1.807, 2.05) is 18.2 Å². The van der Waals surface area contributed by atoms with Crippen LogP contribution in [0.4, 0.5) is 0 Å². The van der Waals surface area contributed by atoms with E-state index in [0.29, 0.717) is 23.7 Å². The number of hydrogen-bond donors (Lipinski definition) is 2. The average molecular weight is 458 g/mol. The predicted molar refractivity (Wildman–Crippen MR) is 126 cm³/mol. The van der Waals surface area contributed by atoms with Crippen LogP contribution in [-0.4, -0.2) is 66.8 Å². The van der Waals surface area contributed by atoms with Crippen molar-refractivity contribution in [3.8, 4) is 5.75 Å². The van der Waals surface area contributed by atoms with Gasteiger partial charge in [0.25, 0.3) is 0 Å². The van der Waals surface area contributed by atoms with Crippen LogP contribution in [-0.2, 0) is 16.9 Å². The summed E-state index contributed by atoms with van der Waals surface area (Å²) in [5, 5.41) is 12.8. The average Bonchev–Trinajstić information content (AvgIpc) is 3.23. The van der Waals surface area contributed by atoms with Crippen molar-refractivity contribution in [1.29, 1.82) is 0 Å². The minimum absolute atomic E-state index is 0.0660. The summed E-state index contributed by atoms with van der Waals surface area (Å²) >= 11 is 6.38. The molecule has 0 saturated carbocycles. The Hall–Kier alpha value is -2.12. The number of aliphatic carboxylic acids is 1. The van der Waals surface area contributed by atoms with Gasteiger partial charge in [-0.3, -0.25) is 14.6 Å². The van der Waals surface area contributed by atoms with Crippen molar-refractivity contribution >= 4 is 17.6 Å². The van der Waals surface area contributed by atoms with E-state index in [2.05, 4.69) is 59.5 Å². The highest BCUT2D eigenvalue weighted by molar-refractivity contribution is 6.30. The fourth-order valence-electron chi connectivity index (χ4n) is 5.04. The van der Waals surface area contributed by atoms with Crippen molar-refractivity contribution in [1.82, 2.24) is 15.1 Å². The van der Waals surface area contributed by atoms with Gasteiger partial charge in [0.05, 0.1) is 0 Å². The quantitative estimate of drug-likeness (QED) is 0.662. The van der Waals surface area contributed by atoms with Gasteiger partial charge in [0.2, 0.25) is 0 Å². The zero-order valence-electron chi connectivity index (χ0n) is 18.8. The summed E-state index contributed by atoms with van der Waals surface area (Å²) in [7, 11) is 4.35. The molecule has 0 spiro atoms. The van der Waals surface area contributed by atoms with E-state index in [-0.39, 0.29) is 11.6 Å². The number of piperidine rings is 1. The lowest BCUT2D eigenvalue weighted by Gasteiger charge is -2.46. The third-order valence-corrected chi connectivity index (χ3v) is 7.10. The van der Waals surface area contributed by atoms with E-state index in [4.69, 9.17) is 21.4 Å². The monoisotopic (exact) mass is 457 g/mol. The molecule has 2 N–H and O–H groups in total. The summed E-state index contributed by atoms with van der Waals surface area (Å²) in [5.41, 5.74) is 2.56. The maximum absolute atomic E-state index is 11.2. The van der Waals surface area contributed by atoms with Gasteiger partial charge in [0, 0.05) is 43.2 Å². The van der Waals surface area contributed by atoms with Gasteiger partial charge < -0.3 is 15.2 Å². The van der Waals surface area contributed by atoms with Gasteiger partial charge in [0.1, 0.15) is 17.9 Å². The van der Waals surface area contributed by atoms with Gasteiger partial charge >= 0.3 is 5.97 Å². The van der Waals surface area contributed by atoms with Gasteiger partial charge in [-0.1, -0.05) is 41.9 Å². The lowest BCUT2D eigenvalue weighted by atomic mass is 9.79. The molecule has 4 rings (SSSR count). The Balaban J connectivity index is 1.39. The zero-order chi connectivity index (χ0) is 22.7. The second kappa shape index (κ2) is 9.79. The topological polar surface area (TPSA) is 65.0 Å². The van der Waals surface area contributed by atoms with Crippen LogP contribution in [0.2, 0.25) is 5.02 Å². The number of carboxylic acids is 1. The molecule has 2 aliphatic heterocycles. The first kappa shape index (κ1) is 23.1. The van der Waals surface area contributed by atoms with Crippen LogP contribution < -0.4 is 10.1 Å². The number of ether oxygens (including phenoxy) is 1. The minimum atomic E-state index is -0.836. The smallest absolute Gasteiger partial charge is 0.320 e. The molecule has 2 aromatic carbocycles. The zero-order valence-corrected chi connectivity index (χ0v) is 19.5. The van der Waals surface area contributed by atoms with Crippen LogP contribution in [0.3, 0.4) is 0 Å². The molecule has 0 aliphatic carbocycles. The first-order valence-corrected chi connectivity index (χ1v) is 11.6. The van der Waals surface area contributed by atoms with Gasteiger partial charge in [-0.05, 0) is 56.3 Å². The highest BCUT2D eigenvalue weighted by atomic mass is 35.5. The molecule has 0 aromatic heterocycles. The Bertz CT molecular complexity index is 929. The molecule has 2 fully saturated rings.